The molecule has 0 aromatic heterocycles. The third-order valence-electron chi connectivity index (χ3n) is 4.22. The van der Waals surface area contributed by atoms with E-state index in [4.69, 9.17) is 11.6 Å². The van der Waals surface area contributed by atoms with Crippen LogP contribution in [-0.2, 0) is 11.0 Å². The highest BCUT2D eigenvalue weighted by molar-refractivity contribution is 7.82. The third-order valence-corrected chi connectivity index (χ3v) is 5.96. The van der Waals surface area contributed by atoms with Gasteiger partial charge in [-0.25, -0.2) is 8.51 Å². The molecule has 2 heterocycles. The molecule has 2 saturated heterocycles. The number of allylic oxidation sites excluding steroid dienone is 4. The number of halogens is 1. The Morgan fingerprint density at radius 1 is 1.43 bits per heavy atom. The van der Waals surface area contributed by atoms with E-state index in [1.165, 1.54) is 5.70 Å². The van der Waals surface area contributed by atoms with Gasteiger partial charge >= 0.3 is 0 Å². The molecule has 2 aliphatic heterocycles. The first-order valence-electron chi connectivity index (χ1n) is 8.12. The molecule has 0 amide bonds. The van der Waals surface area contributed by atoms with Gasteiger partial charge in [-0.2, -0.15) is 5.10 Å². The number of rotatable bonds is 6. The smallest absolute Gasteiger partial charge is 0.0947 e. The SMILES string of the molecule is CN/N=C\C(C=C(C)N1CCN2C(CCS2=O)C1)/C=C\C(C)Cl. The number of hydrogen-bond donors (Lipinski definition) is 1. The average molecular weight is 359 g/mol. The summed E-state index contributed by atoms with van der Waals surface area (Å²) < 4.78 is 14.0. The fourth-order valence-electron chi connectivity index (χ4n) is 2.99. The Bertz CT molecular complexity index is 506. The Balaban J connectivity index is 2.03. The van der Waals surface area contributed by atoms with Gasteiger partial charge in [0, 0.05) is 61.7 Å². The van der Waals surface area contributed by atoms with Gasteiger partial charge in [-0.1, -0.05) is 18.2 Å². The monoisotopic (exact) mass is 358 g/mol. The van der Waals surface area contributed by atoms with Gasteiger partial charge in [-0.05, 0) is 20.3 Å². The second-order valence-corrected chi connectivity index (χ2v) is 8.21. The van der Waals surface area contributed by atoms with Crippen molar-refractivity contribution in [3.8, 4) is 0 Å². The van der Waals surface area contributed by atoms with E-state index >= 15 is 0 Å². The van der Waals surface area contributed by atoms with Crippen LogP contribution in [-0.4, -0.2) is 63.5 Å². The van der Waals surface area contributed by atoms with Crippen molar-refractivity contribution >= 4 is 28.8 Å². The van der Waals surface area contributed by atoms with Gasteiger partial charge in [0.1, 0.15) is 0 Å². The highest BCUT2D eigenvalue weighted by Gasteiger charge is 2.35. The summed E-state index contributed by atoms with van der Waals surface area (Å²) in [5.41, 5.74) is 4.03. The van der Waals surface area contributed by atoms with E-state index in [0.717, 1.165) is 31.8 Å². The summed E-state index contributed by atoms with van der Waals surface area (Å²) in [7, 11) is 1.03. The van der Waals surface area contributed by atoms with Gasteiger partial charge in [0.15, 0.2) is 0 Å². The Morgan fingerprint density at radius 3 is 2.91 bits per heavy atom. The van der Waals surface area contributed by atoms with Crippen LogP contribution in [0.4, 0.5) is 0 Å². The molecule has 0 aliphatic carbocycles. The summed E-state index contributed by atoms with van der Waals surface area (Å²) in [6.07, 6.45) is 9.17. The summed E-state index contributed by atoms with van der Waals surface area (Å²) >= 11 is 6.00. The number of fused-ring (bicyclic) bond motifs is 1. The minimum atomic E-state index is -0.759. The topological polar surface area (TPSA) is 47.9 Å². The summed E-state index contributed by atoms with van der Waals surface area (Å²) in [6.45, 7) is 6.85. The minimum absolute atomic E-state index is 0.00575. The van der Waals surface area contributed by atoms with Crippen LogP contribution in [0.3, 0.4) is 0 Å². The molecule has 23 heavy (non-hydrogen) atoms. The molecule has 2 rings (SSSR count). The second-order valence-electron chi connectivity index (χ2n) is 6.00. The van der Waals surface area contributed by atoms with Crippen LogP contribution in [0, 0.1) is 5.92 Å². The molecule has 5 nitrogen and oxygen atoms in total. The Morgan fingerprint density at radius 2 is 2.22 bits per heavy atom. The van der Waals surface area contributed by atoms with E-state index in [2.05, 4.69) is 38.8 Å². The molecule has 0 spiro atoms. The predicted octanol–water partition coefficient (Wildman–Crippen LogP) is 1.95. The van der Waals surface area contributed by atoms with E-state index in [-0.39, 0.29) is 11.3 Å². The molecule has 0 bridgehead atoms. The van der Waals surface area contributed by atoms with Crippen molar-refractivity contribution in [3.05, 3.63) is 23.9 Å². The van der Waals surface area contributed by atoms with Gasteiger partial charge < -0.3 is 10.3 Å². The molecule has 130 valence electrons. The van der Waals surface area contributed by atoms with Crippen LogP contribution < -0.4 is 5.43 Å². The van der Waals surface area contributed by atoms with Crippen LogP contribution in [0.15, 0.2) is 29.0 Å². The largest absolute Gasteiger partial charge is 0.372 e. The molecule has 7 heteroatoms. The Hall–Kier alpha value is -0.850. The lowest BCUT2D eigenvalue weighted by molar-refractivity contribution is 0.180. The van der Waals surface area contributed by atoms with Crippen molar-refractivity contribution < 1.29 is 4.21 Å². The maximum atomic E-state index is 11.9. The fourth-order valence-corrected chi connectivity index (χ4v) is 4.57. The zero-order chi connectivity index (χ0) is 16.8. The Kier molecular flexibility index (Phi) is 7.11. The highest BCUT2D eigenvalue weighted by Crippen LogP contribution is 2.24. The molecule has 0 aromatic carbocycles. The van der Waals surface area contributed by atoms with Crippen LogP contribution >= 0.6 is 11.6 Å². The number of nitrogens with one attached hydrogen (secondary N) is 1. The first kappa shape index (κ1) is 18.5. The first-order chi connectivity index (χ1) is 11.0. The normalized spacial score (nSPS) is 29.2. The number of nitrogens with zero attached hydrogens (tertiary/aromatic N) is 3. The van der Waals surface area contributed by atoms with Gasteiger partial charge in [-0.15, -0.1) is 11.6 Å². The highest BCUT2D eigenvalue weighted by atomic mass is 35.5. The van der Waals surface area contributed by atoms with Gasteiger partial charge in [0.25, 0.3) is 0 Å². The van der Waals surface area contributed by atoms with Crippen molar-refractivity contribution in [1.29, 1.82) is 0 Å². The van der Waals surface area contributed by atoms with Crippen LogP contribution in [0.5, 0.6) is 0 Å². The van der Waals surface area contributed by atoms with Crippen molar-refractivity contribution in [2.24, 2.45) is 11.0 Å². The molecule has 2 aliphatic rings. The van der Waals surface area contributed by atoms with Crippen molar-refractivity contribution in [2.45, 2.75) is 31.7 Å². The quantitative estimate of drug-likeness (QED) is 0.342. The maximum Gasteiger partial charge on any atom is 0.0947 e. The number of piperazine rings is 1. The average Bonchev–Trinajstić information content (AvgIpc) is 2.90. The summed E-state index contributed by atoms with van der Waals surface area (Å²) in [5, 5.41) is 4.14. The molecular formula is C16H27ClN4OS. The van der Waals surface area contributed by atoms with E-state index in [1.54, 1.807) is 7.05 Å². The van der Waals surface area contributed by atoms with E-state index in [1.807, 2.05) is 19.2 Å². The van der Waals surface area contributed by atoms with E-state index in [0.29, 0.717) is 6.04 Å². The first-order valence-corrected chi connectivity index (χ1v) is 9.83. The maximum absolute atomic E-state index is 11.9. The fraction of sp³-hybridized carbons (Fsp3) is 0.688. The predicted molar refractivity (Wildman–Crippen MR) is 98.9 cm³/mol. The number of hydrogen-bond acceptors (Lipinski definition) is 4. The third kappa shape index (κ3) is 5.33. The van der Waals surface area contributed by atoms with Crippen LogP contribution in [0.2, 0.25) is 0 Å². The van der Waals surface area contributed by atoms with E-state index < -0.39 is 11.0 Å². The van der Waals surface area contributed by atoms with Crippen molar-refractivity contribution in [1.82, 2.24) is 14.6 Å². The zero-order valence-electron chi connectivity index (χ0n) is 14.1. The molecule has 1 N–H and O–H groups in total. The van der Waals surface area contributed by atoms with Gasteiger partial charge in [0.05, 0.1) is 11.0 Å². The zero-order valence-corrected chi connectivity index (χ0v) is 15.7. The standard InChI is InChI=1S/C16H27ClN4OS/c1-13(17)4-5-15(11-19-18-3)10-14(2)20-7-8-21-16(12-20)6-9-23(21)22/h4-5,10-11,13,15-16,18H,6-9,12H2,1-3H3/b5-4-,14-10?,19-11-. The lowest BCUT2D eigenvalue weighted by Gasteiger charge is -2.38. The summed E-state index contributed by atoms with van der Waals surface area (Å²) in [6, 6.07) is 0.427. The second kappa shape index (κ2) is 8.85. The molecular weight excluding hydrogens is 332 g/mol. The molecule has 0 aromatic rings. The summed E-state index contributed by atoms with van der Waals surface area (Å²) in [5.74, 6) is 0.925. The number of alkyl halides is 1. The number of hydrazone groups is 1. The van der Waals surface area contributed by atoms with Crippen molar-refractivity contribution in [2.75, 3.05) is 32.4 Å². The van der Waals surface area contributed by atoms with Gasteiger partial charge in [-0.3, -0.25) is 0 Å². The lowest BCUT2D eigenvalue weighted by atomic mass is 10.1. The molecule has 2 fully saturated rings. The Labute approximate surface area is 147 Å². The molecule has 4 atom stereocenters. The van der Waals surface area contributed by atoms with Crippen LogP contribution in [0.1, 0.15) is 20.3 Å². The van der Waals surface area contributed by atoms with Crippen LogP contribution in [0.25, 0.3) is 0 Å². The minimum Gasteiger partial charge on any atom is -0.372 e. The summed E-state index contributed by atoms with van der Waals surface area (Å²) in [4.78, 5) is 2.39. The van der Waals surface area contributed by atoms with E-state index in [9.17, 15) is 4.21 Å². The molecule has 0 saturated carbocycles. The van der Waals surface area contributed by atoms with Crippen molar-refractivity contribution in [3.63, 3.8) is 0 Å². The lowest BCUT2D eigenvalue weighted by Crippen LogP contribution is -2.49. The molecule has 0 radical (unpaired) electrons. The van der Waals surface area contributed by atoms with Gasteiger partial charge in [0.2, 0.25) is 0 Å². The molecule has 4 unspecified atom stereocenters.